The molecule has 0 bridgehead atoms. The third kappa shape index (κ3) is 2.51. The standard InChI is InChI=1S/C25H42O2/c1-23(2)21-10-8-18-16-11-14-24(3)13-5-6-19(24)17(16)7-9-20(18)25(21,4)15-12-22(23)27-26/h16-22,26H,5-15H2,1-4H3/t16-,17?,18+,19?,20+,21+,22+,24-,25-/m1/s1. The lowest BCUT2D eigenvalue weighted by Crippen LogP contribution is -2.59. The highest BCUT2D eigenvalue weighted by Crippen LogP contribution is 2.69. The summed E-state index contributed by atoms with van der Waals surface area (Å²) in [6.45, 7) is 10.00. The summed E-state index contributed by atoms with van der Waals surface area (Å²) in [5, 5.41) is 9.50. The molecule has 0 radical (unpaired) electrons. The maximum Gasteiger partial charge on any atom is 0.0981 e. The average molecular weight is 375 g/mol. The fourth-order valence-corrected chi connectivity index (χ4v) is 10.1. The fraction of sp³-hybridized carbons (Fsp3) is 1.00. The van der Waals surface area contributed by atoms with Crippen molar-refractivity contribution in [2.75, 3.05) is 0 Å². The van der Waals surface area contributed by atoms with Crippen LogP contribution in [0.2, 0.25) is 0 Å². The minimum absolute atomic E-state index is 0.0253. The molecule has 1 N–H and O–H groups in total. The second-order valence-corrected chi connectivity index (χ2v) is 12.5. The van der Waals surface area contributed by atoms with E-state index in [1.54, 1.807) is 0 Å². The second kappa shape index (κ2) is 6.21. The van der Waals surface area contributed by atoms with Crippen molar-refractivity contribution in [2.45, 2.75) is 104 Å². The average Bonchev–Trinajstić information content (AvgIpc) is 3.03. The predicted molar refractivity (Wildman–Crippen MR) is 109 cm³/mol. The summed E-state index contributed by atoms with van der Waals surface area (Å²) in [6, 6.07) is 0. The van der Waals surface area contributed by atoms with Gasteiger partial charge in [0.2, 0.25) is 0 Å². The molecule has 5 aliphatic rings. The molecule has 2 nitrogen and oxygen atoms in total. The molecule has 27 heavy (non-hydrogen) atoms. The molecule has 5 saturated carbocycles. The molecule has 0 heterocycles. The van der Waals surface area contributed by atoms with Crippen LogP contribution in [0.25, 0.3) is 0 Å². The van der Waals surface area contributed by atoms with Gasteiger partial charge in [-0.3, -0.25) is 5.26 Å². The highest BCUT2D eigenvalue weighted by molar-refractivity contribution is 5.11. The first-order valence-electron chi connectivity index (χ1n) is 12.1. The topological polar surface area (TPSA) is 29.5 Å². The van der Waals surface area contributed by atoms with Gasteiger partial charge in [-0.1, -0.05) is 34.1 Å². The Morgan fingerprint density at radius 2 is 1.44 bits per heavy atom. The molecule has 9 atom stereocenters. The first-order valence-corrected chi connectivity index (χ1v) is 12.1. The summed E-state index contributed by atoms with van der Waals surface area (Å²) < 4.78 is 0. The van der Waals surface area contributed by atoms with Gasteiger partial charge in [-0.15, -0.1) is 0 Å². The number of hydrogen-bond donors (Lipinski definition) is 1. The van der Waals surface area contributed by atoms with Gasteiger partial charge in [0.05, 0.1) is 6.10 Å². The number of hydrogen-bond acceptors (Lipinski definition) is 2. The molecule has 0 aromatic rings. The van der Waals surface area contributed by atoms with Crippen molar-refractivity contribution in [1.29, 1.82) is 0 Å². The zero-order valence-corrected chi connectivity index (χ0v) is 18.2. The molecular formula is C25H42O2. The quantitative estimate of drug-likeness (QED) is 0.398. The Kier molecular flexibility index (Phi) is 4.35. The van der Waals surface area contributed by atoms with E-state index in [0.29, 0.717) is 16.7 Å². The molecule has 0 aromatic heterocycles. The van der Waals surface area contributed by atoms with Gasteiger partial charge >= 0.3 is 0 Å². The Balaban J connectivity index is 1.42. The SMILES string of the molecule is CC1(C)[C@@H](OO)CC[C@]2(C)[C@H]3CCC4C5CCC[C@]5(C)CC[C@H]4[C@@H]3CC[C@@H]12. The van der Waals surface area contributed by atoms with Crippen LogP contribution in [0, 0.1) is 51.8 Å². The minimum Gasteiger partial charge on any atom is -0.252 e. The highest BCUT2D eigenvalue weighted by Gasteiger charge is 2.62. The van der Waals surface area contributed by atoms with E-state index >= 15 is 0 Å². The Labute approximate surface area is 166 Å². The first kappa shape index (κ1) is 18.9. The largest absolute Gasteiger partial charge is 0.252 e. The van der Waals surface area contributed by atoms with Crippen LogP contribution < -0.4 is 0 Å². The molecule has 5 fully saturated rings. The van der Waals surface area contributed by atoms with Gasteiger partial charge in [0.25, 0.3) is 0 Å². The van der Waals surface area contributed by atoms with Gasteiger partial charge < -0.3 is 0 Å². The van der Waals surface area contributed by atoms with Crippen LogP contribution >= 0.6 is 0 Å². The van der Waals surface area contributed by atoms with E-state index in [4.69, 9.17) is 4.89 Å². The molecule has 0 aromatic carbocycles. The van der Waals surface area contributed by atoms with Gasteiger partial charge in [-0.05, 0) is 116 Å². The maximum atomic E-state index is 9.50. The fourth-order valence-electron chi connectivity index (χ4n) is 10.1. The van der Waals surface area contributed by atoms with Gasteiger partial charge in [0, 0.05) is 0 Å². The van der Waals surface area contributed by atoms with Crippen LogP contribution in [0.5, 0.6) is 0 Å². The highest BCUT2D eigenvalue weighted by atomic mass is 17.1. The monoisotopic (exact) mass is 374 g/mol. The number of fused-ring (bicyclic) bond motifs is 7. The van der Waals surface area contributed by atoms with E-state index in [1.165, 1.54) is 64.2 Å². The molecule has 2 unspecified atom stereocenters. The molecule has 5 aliphatic carbocycles. The predicted octanol–water partition coefficient (Wildman–Crippen LogP) is 6.94. The van der Waals surface area contributed by atoms with Gasteiger partial charge in [0.1, 0.15) is 0 Å². The smallest absolute Gasteiger partial charge is 0.0981 e. The van der Waals surface area contributed by atoms with Crippen molar-refractivity contribution < 1.29 is 10.1 Å². The van der Waals surface area contributed by atoms with Crippen molar-refractivity contribution in [2.24, 2.45) is 51.8 Å². The van der Waals surface area contributed by atoms with E-state index in [1.807, 2.05) is 0 Å². The lowest BCUT2D eigenvalue weighted by Gasteiger charge is -2.65. The Hall–Kier alpha value is -0.0800. The van der Waals surface area contributed by atoms with Gasteiger partial charge in [-0.2, -0.15) is 0 Å². The summed E-state index contributed by atoms with van der Waals surface area (Å²) in [6.07, 6.45) is 15.7. The summed E-state index contributed by atoms with van der Waals surface area (Å²) in [7, 11) is 0. The van der Waals surface area contributed by atoms with E-state index in [-0.39, 0.29) is 11.5 Å². The third-order valence-corrected chi connectivity index (χ3v) is 11.4. The molecule has 5 rings (SSSR count). The van der Waals surface area contributed by atoms with Crippen molar-refractivity contribution in [3.63, 3.8) is 0 Å². The normalized spacial score (nSPS) is 56.6. The first-order chi connectivity index (χ1) is 12.8. The van der Waals surface area contributed by atoms with Crippen molar-refractivity contribution in [3.8, 4) is 0 Å². The second-order valence-electron chi connectivity index (χ2n) is 12.5. The molecule has 0 spiro atoms. The Morgan fingerprint density at radius 3 is 2.22 bits per heavy atom. The van der Waals surface area contributed by atoms with Crippen LogP contribution in [0.1, 0.15) is 98.3 Å². The van der Waals surface area contributed by atoms with Crippen LogP contribution in [0.15, 0.2) is 0 Å². The zero-order chi connectivity index (χ0) is 19.0. The van der Waals surface area contributed by atoms with Crippen LogP contribution in [0.4, 0.5) is 0 Å². The zero-order valence-electron chi connectivity index (χ0n) is 18.2. The lowest BCUT2D eigenvalue weighted by atomic mass is 9.40. The van der Waals surface area contributed by atoms with Crippen molar-refractivity contribution >= 4 is 0 Å². The lowest BCUT2D eigenvalue weighted by molar-refractivity contribution is -0.328. The van der Waals surface area contributed by atoms with E-state index in [2.05, 4.69) is 27.7 Å². The van der Waals surface area contributed by atoms with Crippen molar-refractivity contribution in [3.05, 3.63) is 0 Å². The van der Waals surface area contributed by atoms with Crippen LogP contribution in [-0.2, 0) is 4.89 Å². The molecule has 0 aliphatic heterocycles. The minimum atomic E-state index is 0.0253. The summed E-state index contributed by atoms with van der Waals surface area (Å²) in [5.41, 5.74) is 1.25. The van der Waals surface area contributed by atoms with E-state index < -0.39 is 0 Å². The van der Waals surface area contributed by atoms with Gasteiger partial charge in [0.15, 0.2) is 0 Å². The maximum absolute atomic E-state index is 9.50. The summed E-state index contributed by atoms with van der Waals surface area (Å²) >= 11 is 0. The van der Waals surface area contributed by atoms with Crippen LogP contribution in [0.3, 0.4) is 0 Å². The molecule has 154 valence electrons. The summed E-state index contributed by atoms with van der Waals surface area (Å²) in [5.74, 6) is 5.71. The van der Waals surface area contributed by atoms with Crippen molar-refractivity contribution in [1.82, 2.24) is 0 Å². The van der Waals surface area contributed by atoms with Gasteiger partial charge in [-0.25, -0.2) is 4.89 Å². The third-order valence-electron chi connectivity index (χ3n) is 11.4. The Morgan fingerprint density at radius 1 is 0.704 bits per heavy atom. The Bertz CT molecular complexity index is 585. The molecular weight excluding hydrogens is 332 g/mol. The van der Waals surface area contributed by atoms with E-state index in [0.717, 1.165) is 36.0 Å². The molecule has 0 amide bonds. The van der Waals surface area contributed by atoms with E-state index in [9.17, 15) is 5.26 Å². The number of rotatable bonds is 1. The van der Waals surface area contributed by atoms with Crippen LogP contribution in [-0.4, -0.2) is 11.4 Å². The molecule has 0 saturated heterocycles. The molecule has 2 heteroatoms. The summed E-state index contributed by atoms with van der Waals surface area (Å²) in [4.78, 5) is 4.98.